The van der Waals surface area contributed by atoms with E-state index in [1.807, 2.05) is 25.1 Å². The first-order valence-corrected chi connectivity index (χ1v) is 11.1. The minimum Gasteiger partial charge on any atom is -0.490 e. The van der Waals surface area contributed by atoms with Crippen molar-refractivity contribution in [3.8, 4) is 11.5 Å². The van der Waals surface area contributed by atoms with Gasteiger partial charge in [-0.25, -0.2) is 0 Å². The van der Waals surface area contributed by atoms with E-state index in [2.05, 4.69) is 41.0 Å². The van der Waals surface area contributed by atoms with Gasteiger partial charge in [-0.05, 0) is 81.8 Å². The van der Waals surface area contributed by atoms with Crippen molar-refractivity contribution in [2.45, 2.75) is 69.7 Å². The number of aryl methyl sites for hydroxylation is 1. The molecule has 0 radical (unpaired) electrons. The molecule has 5 heteroatoms. The molecule has 2 aromatic carbocycles. The summed E-state index contributed by atoms with van der Waals surface area (Å²) in [6, 6.07) is 16.7. The van der Waals surface area contributed by atoms with Crippen LogP contribution in [0.1, 0.15) is 56.3 Å². The molecule has 2 atom stereocenters. The van der Waals surface area contributed by atoms with Crippen molar-refractivity contribution >= 4 is 5.91 Å². The van der Waals surface area contributed by atoms with Crippen LogP contribution in [0.5, 0.6) is 11.5 Å². The maximum absolute atomic E-state index is 12.0. The average molecular weight is 409 g/mol. The lowest BCUT2D eigenvalue weighted by Gasteiger charge is -2.31. The van der Waals surface area contributed by atoms with Gasteiger partial charge in [0.25, 0.3) is 0 Å². The number of benzene rings is 2. The number of hydrogen-bond acceptors (Lipinski definition) is 4. The summed E-state index contributed by atoms with van der Waals surface area (Å²) in [6.07, 6.45) is 6.15. The molecule has 2 aromatic rings. The van der Waals surface area contributed by atoms with E-state index in [0.717, 1.165) is 50.0 Å². The fourth-order valence-electron chi connectivity index (χ4n) is 4.32. The Morgan fingerprint density at radius 3 is 2.57 bits per heavy atom. The van der Waals surface area contributed by atoms with Gasteiger partial charge in [-0.3, -0.25) is 4.79 Å². The molecule has 1 heterocycles. The normalized spacial score (nSPS) is 24.3. The molecule has 30 heavy (non-hydrogen) atoms. The van der Waals surface area contributed by atoms with Crippen molar-refractivity contribution < 1.29 is 14.3 Å². The van der Waals surface area contributed by atoms with Crippen molar-refractivity contribution in [1.82, 2.24) is 10.6 Å². The van der Waals surface area contributed by atoms with Crippen LogP contribution >= 0.6 is 0 Å². The van der Waals surface area contributed by atoms with Gasteiger partial charge < -0.3 is 20.1 Å². The number of likely N-dealkylation sites (N-methyl/N-ethyl adjacent to an activating group) is 1. The minimum atomic E-state index is -0.154. The third kappa shape index (κ3) is 4.96. The Morgan fingerprint density at radius 2 is 1.83 bits per heavy atom. The second kappa shape index (κ2) is 9.52. The molecular weight excluding hydrogens is 376 g/mol. The van der Waals surface area contributed by atoms with Gasteiger partial charge in [-0.2, -0.15) is 0 Å². The highest BCUT2D eigenvalue weighted by molar-refractivity contribution is 5.81. The molecule has 2 aliphatic rings. The van der Waals surface area contributed by atoms with Crippen molar-refractivity contribution in [2.24, 2.45) is 0 Å². The monoisotopic (exact) mass is 408 g/mol. The van der Waals surface area contributed by atoms with Crippen LogP contribution in [0.15, 0.2) is 48.5 Å². The lowest BCUT2D eigenvalue weighted by Crippen LogP contribution is -2.47. The van der Waals surface area contributed by atoms with E-state index in [-0.39, 0.29) is 30.2 Å². The molecule has 2 unspecified atom stereocenters. The SMILES string of the molecule is CNC(C)C(=O)NC1CCC(Oc2ccc3c(c2)CCC(c2ccccc2)O3)CC1. The van der Waals surface area contributed by atoms with Crippen LogP contribution in [-0.2, 0) is 11.2 Å². The number of nitrogens with one attached hydrogen (secondary N) is 2. The van der Waals surface area contributed by atoms with E-state index >= 15 is 0 Å². The average Bonchev–Trinajstić information content (AvgIpc) is 2.80. The number of ether oxygens (including phenoxy) is 2. The van der Waals surface area contributed by atoms with Gasteiger partial charge in [0.1, 0.15) is 17.6 Å². The van der Waals surface area contributed by atoms with Gasteiger partial charge in [-0.1, -0.05) is 30.3 Å². The van der Waals surface area contributed by atoms with E-state index in [9.17, 15) is 4.79 Å². The lowest BCUT2D eigenvalue weighted by atomic mass is 9.92. The third-order valence-electron chi connectivity index (χ3n) is 6.30. The fraction of sp³-hybridized carbons (Fsp3) is 0.480. The fourth-order valence-corrected chi connectivity index (χ4v) is 4.32. The zero-order chi connectivity index (χ0) is 20.9. The number of hydrogen-bond donors (Lipinski definition) is 2. The molecule has 1 saturated carbocycles. The van der Waals surface area contributed by atoms with Gasteiger partial charge in [0.15, 0.2) is 0 Å². The highest BCUT2D eigenvalue weighted by Crippen LogP contribution is 2.37. The molecule has 1 aliphatic heterocycles. The number of carbonyl (C=O) groups is 1. The summed E-state index contributed by atoms with van der Waals surface area (Å²) in [5.74, 6) is 1.96. The number of rotatable bonds is 6. The Kier molecular flexibility index (Phi) is 6.58. The van der Waals surface area contributed by atoms with Gasteiger partial charge in [0, 0.05) is 6.04 Å². The van der Waals surface area contributed by atoms with E-state index in [4.69, 9.17) is 9.47 Å². The highest BCUT2D eigenvalue weighted by Gasteiger charge is 2.26. The van der Waals surface area contributed by atoms with Crippen molar-refractivity contribution in [3.63, 3.8) is 0 Å². The Morgan fingerprint density at radius 1 is 1.07 bits per heavy atom. The zero-order valence-electron chi connectivity index (χ0n) is 17.9. The second-order valence-electron chi connectivity index (χ2n) is 8.44. The van der Waals surface area contributed by atoms with E-state index in [0.29, 0.717) is 0 Å². The molecule has 0 saturated heterocycles. The Hall–Kier alpha value is -2.53. The van der Waals surface area contributed by atoms with Crippen LogP contribution in [-0.4, -0.2) is 31.1 Å². The first kappa shape index (κ1) is 20.7. The van der Waals surface area contributed by atoms with Crippen molar-refractivity contribution in [3.05, 3.63) is 59.7 Å². The van der Waals surface area contributed by atoms with E-state index in [1.54, 1.807) is 7.05 Å². The van der Waals surface area contributed by atoms with Crippen LogP contribution in [0.2, 0.25) is 0 Å². The number of carbonyl (C=O) groups excluding carboxylic acids is 1. The first-order valence-electron chi connectivity index (χ1n) is 11.1. The molecule has 2 N–H and O–H groups in total. The van der Waals surface area contributed by atoms with Gasteiger partial charge in [0.2, 0.25) is 5.91 Å². The molecule has 0 spiro atoms. The largest absolute Gasteiger partial charge is 0.490 e. The Bertz CT molecular complexity index is 847. The van der Waals surface area contributed by atoms with E-state index < -0.39 is 0 Å². The standard InChI is InChI=1S/C25H32N2O3/c1-17(26-2)25(28)27-20-9-11-21(12-10-20)29-22-13-15-24-19(16-22)8-14-23(30-24)18-6-4-3-5-7-18/h3-7,13,15-17,20-21,23,26H,8-12,14H2,1-2H3,(H,27,28). The number of fused-ring (bicyclic) bond motifs is 1. The maximum Gasteiger partial charge on any atom is 0.237 e. The minimum absolute atomic E-state index is 0.0744. The first-order chi connectivity index (χ1) is 14.6. The molecule has 0 bridgehead atoms. The molecule has 1 fully saturated rings. The van der Waals surface area contributed by atoms with E-state index in [1.165, 1.54) is 11.1 Å². The number of amides is 1. The molecule has 4 rings (SSSR count). The van der Waals surface area contributed by atoms with Crippen LogP contribution in [0, 0.1) is 0 Å². The molecule has 0 aromatic heterocycles. The summed E-state index contributed by atoms with van der Waals surface area (Å²) in [5, 5.41) is 6.12. The predicted octanol–water partition coefficient (Wildman–Crippen LogP) is 4.17. The second-order valence-corrected chi connectivity index (χ2v) is 8.44. The summed E-state index contributed by atoms with van der Waals surface area (Å²) >= 11 is 0. The quantitative estimate of drug-likeness (QED) is 0.753. The van der Waals surface area contributed by atoms with Crippen molar-refractivity contribution in [1.29, 1.82) is 0 Å². The van der Waals surface area contributed by atoms with Gasteiger partial charge in [0.05, 0.1) is 12.1 Å². The Labute approximate surface area is 179 Å². The third-order valence-corrected chi connectivity index (χ3v) is 6.30. The van der Waals surface area contributed by atoms with Crippen LogP contribution < -0.4 is 20.1 Å². The lowest BCUT2D eigenvalue weighted by molar-refractivity contribution is -0.123. The molecular formula is C25H32N2O3. The molecule has 5 nitrogen and oxygen atoms in total. The van der Waals surface area contributed by atoms with Crippen molar-refractivity contribution in [2.75, 3.05) is 7.05 Å². The van der Waals surface area contributed by atoms with Gasteiger partial charge in [-0.15, -0.1) is 0 Å². The summed E-state index contributed by atoms with van der Waals surface area (Å²) in [4.78, 5) is 12.0. The topological polar surface area (TPSA) is 59.6 Å². The highest BCUT2D eigenvalue weighted by atomic mass is 16.5. The summed E-state index contributed by atoms with van der Waals surface area (Å²) in [6.45, 7) is 1.88. The predicted molar refractivity (Wildman–Crippen MR) is 118 cm³/mol. The molecule has 1 aliphatic carbocycles. The molecule has 160 valence electrons. The smallest absolute Gasteiger partial charge is 0.237 e. The Balaban J connectivity index is 1.29. The summed E-state index contributed by atoms with van der Waals surface area (Å²) < 4.78 is 12.5. The zero-order valence-corrected chi connectivity index (χ0v) is 17.9. The molecule has 1 amide bonds. The summed E-state index contributed by atoms with van der Waals surface area (Å²) in [7, 11) is 1.81. The maximum atomic E-state index is 12.0. The van der Waals surface area contributed by atoms with Gasteiger partial charge >= 0.3 is 0 Å². The van der Waals surface area contributed by atoms with Crippen LogP contribution in [0.25, 0.3) is 0 Å². The van der Waals surface area contributed by atoms with Crippen LogP contribution in [0.3, 0.4) is 0 Å². The summed E-state index contributed by atoms with van der Waals surface area (Å²) in [5.41, 5.74) is 2.46. The van der Waals surface area contributed by atoms with Crippen LogP contribution in [0.4, 0.5) is 0 Å².